The van der Waals surface area contributed by atoms with Gasteiger partial charge in [-0.25, -0.2) is 19.3 Å². The van der Waals surface area contributed by atoms with Crippen LogP contribution < -0.4 is 10.1 Å². The summed E-state index contributed by atoms with van der Waals surface area (Å²) in [7, 11) is 0. The van der Waals surface area contributed by atoms with Gasteiger partial charge >= 0.3 is 6.09 Å². The third-order valence-electron chi connectivity index (χ3n) is 6.57. The summed E-state index contributed by atoms with van der Waals surface area (Å²) >= 11 is 0. The Balaban J connectivity index is 1.30. The lowest BCUT2D eigenvalue weighted by Gasteiger charge is -2.23. The van der Waals surface area contributed by atoms with Gasteiger partial charge in [0, 0.05) is 37.2 Å². The Hall–Kier alpha value is -5.50. The number of nitrogens with one attached hydrogen (secondary N) is 1. The van der Waals surface area contributed by atoms with Gasteiger partial charge in [-0.3, -0.25) is 4.98 Å². The fourth-order valence-corrected chi connectivity index (χ4v) is 4.50. The van der Waals surface area contributed by atoms with Gasteiger partial charge in [-0.05, 0) is 60.9 Å². The number of aromatic nitrogens is 5. The molecule has 5 aromatic rings. The largest absolute Gasteiger partial charge is 0.465 e. The number of carbonyl (C=O) groups is 1. The lowest BCUT2D eigenvalue weighted by atomic mass is 10.0. The molecular weight excluding hydrogens is 496 g/mol. The van der Waals surface area contributed by atoms with E-state index in [-0.39, 0.29) is 0 Å². The van der Waals surface area contributed by atoms with Gasteiger partial charge in [0.1, 0.15) is 29.4 Å². The molecule has 0 saturated carbocycles. The van der Waals surface area contributed by atoms with E-state index in [2.05, 4.69) is 26.5 Å². The SMILES string of the molecule is Cc1cc(Nc2c(C#N)cnc3ccc(C4=CCN(C(=O)O)CC4)nc23)ccc1Oc1ccn2ncnc2c1. The number of ether oxygens (including phenoxy) is 1. The van der Waals surface area contributed by atoms with Crippen LogP contribution in [0.4, 0.5) is 16.2 Å². The number of hydrogen-bond donors (Lipinski definition) is 2. The van der Waals surface area contributed by atoms with Crippen molar-refractivity contribution < 1.29 is 14.6 Å². The summed E-state index contributed by atoms with van der Waals surface area (Å²) < 4.78 is 7.74. The predicted molar refractivity (Wildman–Crippen MR) is 144 cm³/mol. The summed E-state index contributed by atoms with van der Waals surface area (Å²) in [6, 6.07) is 15.2. The molecule has 1 aromatic carbocycles. The molecule has 11 heteroatoms. The fourth-order valence-electron chi connectivity index (χ4n) is 4.50. The molecule has 11 nitrogen and oxygen atoms in total. The Bertz CT molecular complexity index is 1820. The Morgan fingerprint density at radius 2 is 2.08 bits per heavy atom. The number of anilines is 2. The molecule has 6 rings (SSSR count). The van der Waals surface area contributed by atoms with Crippen molar-refractivity contribution in [1.82, 2.24) is 29.5 Å². The Morgan fingerprint density at radius 3 is 2.85 bits per heavy atom. The lowest BCUT2D eigenvalue weighted by molar-refractivity contribution is 0.150. The van der Waals surface area contributed by atoms with Gasteiger partial charge in [-0.15, -0.1) is 0 Å². The lowest BCUT2D eigenvalue weighted by Crippen LogP contribution is -2.33. The molecular formula is C28H22N8O3. The first-order chi connectivity index (χ1) is 19.0. The third kappa shape index (κ3) is 4.67. The smallest absolute Gasteiger partial charge is 0.407 e. The van der Waals surface area contributed by atoms with Crippen molar-refractivity contribution in [3.63, 3.8) is 0 Å². The maximum atomic E-state index is 11.3. The van der Waals surface area contributed by atoms with E-state index in [0.717, 1.165) is 22.5 Å². The van der Waals surface area contributed by atoms with E-state index in [9.17, 15) is 15.2 Å². The molecule has 4 aromatic heterocycles. The first kappa shape index (κ1) is 23.9. The van der Waals surface area contributed by atoms with Crippen molar-refractivity contribution in [2.24, 2.45) is 0 Å². The van der Waals surface area contributed by atoms with Gasteiger partial charge in [-0.2, -0.15) is 10.4 Å². The normalized spacial score (nSPS) is 13.2. The standard InChI is InChI=1S/C28H22N8O3/c1-17-12-20(2-5-24(17)39-21-8-11-36-25(13-21)31-16-32-36)33-26-19(14-29)15-30-23-4-3-22(34-27(23)26)18-6-9-35(10-7-18)28(37)38/h2-6,8,11-13,15-16H,7,9-10H2,1H3,(H,30,33)(H,37,38). The average molecular weight is 519 g/mol. The maximum Gasteiger partial charge on any atom is 0.407 e. The highest BCUT2D eigenvalue weighted by molar-refractivity contribution is 5.93. The number of nitrogens with zero attached hydrogens (tertiary/aromatic N) is 7. The molecule has 0 fully saturated rings. The number of aryl methyl sites for hydroxylation is 1. The second-order valence-corrected chi connectivity index (χ2v) is 9.06. The first-order valence-corrected chi connectivity index (χ1v) is 12.2. The molecule has 1 aliphatic heterocycles. The van der Waals surface area contributed by atoms with Crippen LogP contribution in [0.1, 0.15) is 23.2 Å². The van der Waals surface area contributed by atoms with E-state index in [1.807, 2.05) is 55.5 Å². The van der Waals surface area contributed by atoms with Gasteiger partial charge in [0.2, 0.25) is 0 Å². The molecule has 0 atom stereocenters. The first-order valence-electron chi connectivity index (χ1n) is 12.2. The molecule has 5 heterocycles. The number of amides is 1. The number of carboxylic acid groups (broad SMARTS) is 1. The van der Waals surface area contributed by atoms with Crippen molar-refractivity contribution in [3.05, 3.63) is 84.1 Å². The topological polar surface area (TPSA) is 142 Å². The van der Waals surface area contributed by atoms with Crippen molar-refractivity contribution >= 4 is 39.7 Å². The number of fused-ring (bicyclic) bond motifs is 2. The zero-order chi connectivity index (χ0) is 26.9. The average Bonchev–Trinajstić information content (AvgIpc) is 3.42. The zero-order valence-electron chi connectivity index (χ0n) is 20.9. The van der Waals surface area contributed by atoms with E-state index in [1.54, 1.807) is 10.7 Å². The van der Waals surface area contributed by atoms with Crippen LogP contribution in [-0.4, -0.2) is 53.8 Å². The molecule has 0 spiro atoms. The number of hydrogen-bond acceptors (Lipinski definition) is 8. The van der Waals surface area contributed by atoms with Crippen LogP contribution >= 0.6 is 0 Å². The minimum atomic E-state index is -0.936. The molecule has 0 radical (unpaired) electrons. The van der Waals surface area contributed by atoms with Crippen molar-refractivity contribution in [2.75, 3.05) is 18.4 Å². The number of rotatable bonds is 5. The minimum Gasteiger partial charge on any atom is -0.465 e. The summed E-state index contributed by atoms with van der Waals surface area (Å²) in [6.45, 7) is 2.66. The van der Waals surface area contributed by atoms with E-state index < -0.39 is 6.09 Å². The highest BCUT2D eigenvalue weighted by Gasteiger charge is 2.19. The van der Waals surface area contributed by atoms with Crippen LogP contribution in [0.3, 0.4) is 0 Å². The molecule has 0 aliphatic carbocycles. The van der Waals surface area contributed by atoms with E-state index >= 15 is 0 Å². The summed E-state index contributed by atoms with van der Waals surface area (Å²) in [4.78, 5) is 26.1. The van der Waals surface area contributed by atoms with Gasteiger partial charge in [-0.1, -0.05) is 6.08 Å². The molecule has 1 amide bonds. The number of pyridine rings is 3. The van der Waals surface area contributed by atoms with E-state index in [0.29, 0.717) is 58.9 Å². The zero-order valence-corrected chi connectivity index (χ0v) is 20.9. The Kier molecular flexibility index (Phi) is 5.97. The highest BCUT2D eigenvalue weighted by Crippen LogP contribution is 2.33. The Labute approximate surface area is 222 Å². The molecule has 0 saturated heterocycles. The molecule has 39 heavy (non-hydrogen) atoms. The van der Waals surface area contributed by atoms with Crippen molar-refractivity contribution in [1.29, 1.82) is 5.26 Å². The number of nitriles is 1. The minimum absolute atomic E-state index is 0.312. The monoisotopic (exact) mass is 518 g/mol. The summed E-state index contributed by atoms with van der Waals surface area (Å²) in [5.41, 5.74) is 6.16. The maximum absolute atomic E-state index is 11.3. The fraction of sp³-hybridized carbons (Fsp3) is 0.143. The second-order valence-electron chi connectivity index (χ2n) is 9.06. The van der Waals surface area contributed by atoms with Crippen LogP contribution in [0.25, 0.3) is 22.3 Å². The summed E-state index contributed by atoms with van der Waals surface area (Å²) in [6.07, 6.45) is 6.30. The quantitative estimate of drug-likeness (QED) is 0.323. The third-order valence-corrected chi connectivity index (χ3v) is 6.57. The van der Waals surface area contributed by atoms with Gasteiger partial charge in [0.25, 0.3) is 0 Å². The van der Waals surface area contributed by atoms with Crippen molar-refractivity contribution in [2.45, 2.75) is 13.3 Å². The molecule has 1 aliphatic rings. The van der Waals surface area contributed by atoms with Crippen molar-refractivity contribution in [3.8, 4) is 17.6 Å². The molecule has 0 bridgehead atoms. The molecule has 0 unspecified atom stereocenters. The highest BCUT2D eigenvalue weighted by atomic mass is 16.5. The summed E-state index contributed by atoms with van der Waals surface area (Å²) in [5.74, 6) is 1.33. The molecule has 2 N–H and O–H groups in total. The van der Waals surface area contributed by atoms with Crippen LogP contribution in [0.2, 0.25) is 0 Å². The van der Waals surface area contributed by atoms with Gasteiger partial charge in [0.15, 0.2) is 5.65 Å². The Morgan fingerprint density at radius 1 is 1.18 bits per heavy atom. The summed E-state index contributed by atoms with van der Waals surface area (Å²) in [5, 5.41) is 26.5. The van der Waals surface area contributed by atoms with Crippen LogP contribution in [0.15, 0.2) is 67.3 Å². The molecule has 192 valence electrons. The van der Waals surface area contributed by atoms with Crippen LogP contribution in [0.5, 0.6) is 11.5 Å². The van der Waals surface area contributed by atoms with Crippen LogP contribution in [-0.2, 0) is 0 Å². The van der Waals surface area contributed by atoms with E-state index in [1.165, 1.54) is 17.4 Å². The second kappa shape index (κ2) is 9.75. The van der Waals surface area contributed by atoms with Gasteiger partial charge in [0.05, 0.1) is 22.5 Å². The van der Waals surface area contributed by atoms with Crippen LogP contribution in [0, 0.1) is 18.3 Å². The van der Waals surface area contributed by atoms with Gasteiger partial charge < -0.3 is 20.1 Å². The predicted octanol–water partition coefficient (Wildman–Crippen LogP) is 5.16. The van der Waals surface area contributed by atoms with E-state index in [4.69, 9.17) is 9.72 Å². The number of benzene rings is 1.